The second kappa shape index (κ2) is 8.53. The Kier molecular flexibility index (Phi) is 6.97. The predicted octanol–water partition coefficient (Wildman–Crippen LogP) is 5.98. The van der Waals surface area contributed by atoms with E-state index < -0.39 is 0 Å². The van der Waals surface area contributed by atoms with Crippen molar-refractivity contribution in [1.29, 1.82) is 0 Å². The molecule has 1 aromatic rings. The highest BCUT2D eigenvalue weighted by molar-refractivity contribution is 9.09. The molecule has 2 rings (SSSR count). The maximum atomic E-state index is 12.5. The maximum absolute atomic E-state index is 12.5. The highest BCUT2D eigenvalue weighted by Gasteiger charge is 2.33. The lowest BCUT2D eigenvalue weighted by molar-refractivity contribution is -0.0174. The molecule has 2 nitrogen and oxygen atoms in total. The number of hydrogen-bond donors (Lipinski definition) is 0. The molecule has 0 radical (unpaired) electrons. The first-order chi connectivity index (χ1) is 10.9. The molecule has 1 aliphatic rings. The first-order valence-electron chi connectivity index (χ1n) is 8.43. The smallest absolute Gasteiger partial charge is 0.338 e. The van der Waals surface area contributed by atoms with Gasteiger partial charge < -0.3 is 4.74 Å². The van der Waals surface area contributed by atoms with Crippen LogP contribution >= 0.6 is 27.5 Å². The minimum Gasteiger partial charge on any atom is -0.458 e. The number of hydrogen-bond acceptors (Lipinski definition) is 2. The summed E-state index contributed by atoms with van der Waals surface area (Å²) in [6.45, 7) is 6.68. The molecule has 0 saturated heterocycles. The molecule has 0 amide bonds. The first kappa shape index (κ1) is 18.8. The summed E-state index contributed by atoms with van der Waals surface area (Å²) < 4.78 is 5.87. The Morgan fingerprint density at radius 3 is 2.52 bits per heavy atom. The van der Waals surface area contributed by atoms with E-state index >= 15 is 0 Å². The van der Waals surface area contributed by atoms with Crippen LogP contribution < -0.4 is 0 Å². The summed E-state index contributed by atoms with van der Waals surface area (Å²) in [5.41, 5.74) is 1.61. The van der Waals surface area contributed by atoms with Crippen LogP contribution in [0.15, 0.2) is 24.3 Å². The Bertz CT molecular complexity index is 515. The standard InChI is InChI=1S/C19H26BrClO2/c1-12(2)16-9-4-13(3)10-18(16)23-19(22)15-7-5-14(6-8-15)17(21)11-20/h5-8,12-13,16-18H,4,9-11H2,1-3H3/t13-,16+,17?,18-/m1/s1. The van der Waals surface area contributed by atoms with Crippen molar-refractivity contribution in [3.8, 4) is 0 Å². The zero-order chi connectivity index (χ0) is 17.0. The Labute approximate surface area is 153 Å². The van der Waals surface area contributed by atoms with Gasteiger partial charge in [0.2, 0.25) is 0 Å². The number of benzene rings is 1. The Morgan fingerprint density at radius 2 is 1.96 bits per heavy atom. The molecule has 0 aliphatic heterocycles. The second-order valence-corrected chi connectivity index (χ2v) is 8.19. The van der Waals surface area contributed by atoms with E-state index in [-0.39, 0.29) is 17.5 Å². The molecule has 0 aromatic heterocycles. The van der Waals surface area contributed by atoms with Gasteiger partial charge in [0.1, 0.15) is 6.10 Å². The van der Waals surface area contributed by atoms with Crippen LogP contribution in [0.4, 0.5) is 0 Å². The molecular weight excluding hydrogens is 376 g/mol. The van der Waals surface area contributed by atoms with Gasteiger partial charge in [0.05, 0.1) is 10.9 Å². The summed E-state index contributed by atoms with van der Waals surface area (Å²) in [4.78, 5) is 12.5. The van der Waals surface area contributed by atoms with Gasteiger partial charge in [0, 0.05) is 5.33 Å². The Balaban J connectivity index is 2.04. The van der Waals surface area contributed by atoms with E-state index in [2.05, 4.69) is 36.7 Å². The molecule has 0 bridgehead atoms. The van der Waals surface area contributed by atoms with Gasteiger partial charge >= 0.3 is 5.97 Å². The number of carbonyl (C=O) groups is 1. The number of halogens is 2. The van der Waals surface area contributed by atoms with Crippen LogP contribution in [0, 0.1) is 17.8 Å². The van der Waals surface area contributed by atoms with Crippen LogP contribution in [0.3, 0.4) is 0 Å². The fourth-order valence-electron chi connectivity index (χ4n) is 3.37. The fraction of sp³-hybridized carbons (Fsp3) is 0.632. The third-order valence-corrected chi connectivity index (χ3v) is 6.29. The maximum Gasteiger partial charge on any atom is 0.338 e. The first-order valence-corrected chi connectivity index (χ1v) is 9.99. The average molecular weight is 402 g/mol. The summed E-state index contributed by atoms with van der Waals surface area (Å²) in [5.74, 6) is 1.42. The van der Waals surface area contributed by atoms with E-state index in [0.29, 0.717) is 28.6 Å². The van der Waals surface area contributed by atoms with Crippen molar-refractivity contribution < 1.29 is 9.53 Å². The largest absolute Gasteiger partial charge is 0.458 e. The van der Waals surface area contributed by atoms with E-state index in [4.69, 9.17) is 16.3 Å². The van der Waals surface area contributed by atoms with Crippen molar-refractivity contribution in [2.24, 2.45) is 17.8 Å². The van der Waals surface area contributed by atoms with Crippen LogP contribution in [-0.4, -0.2) is 17.4 Å². The van der Waals surface area contributed by atoms with E-state index in [0.717, 1.165) is 18.4 Å². The summed E-state index contributed by atoms with van der Waals surface area (Å²) in [7, 11) is 0. The average Bonchev–Trinajstić information content (AvgIpc) is 2.54. The van der Waals surface area contributed by atoms with Crippen molar-refractivity contribution in [2.45, 2.75) is 51.5 Å². The van der Waals surface area contributed by atoms with Crippen LogP contribution in [0.2, 0.25) is 0 Å². The summed E-state index contributed by atoms with van der Waals surface area (Å²) >= 11 is 9.55. The van der Waals surface area contributed by atoms with Gasteiger partial charge in [-0.1, -0.05) is 55.3 Å². The summed E-state index contributed by atoms with van der Waals surface area (Å²) in [6.07, 6.45) is 3.39. The summed E-state index contributed by atoms with van der Waals surface area (Å²) in [6, 6.07) is 7.43. The van der Waals surface area contributed by atoms with Crippen LogP contribution in [0.5, 0.6) is 0 Å². The van der Waals surface area contributed by atoms with Crippen LogP contribution in [0.25, 0.3) is 0 Å². The Hall–Kier alpha value is -0.540. The number of esters is 1. The lowest BCUT2D eigenvalue weighted by Crippen LogP contribution is -2.35. The molecule has 0 heterocycles. The van der Waals surface area contributed by atoms with Gasteiger partial charge in [-0.05, 0) is 48.3 Å². The predicted molar refractivity (Wildman–Crippen MR) is 99.4 cm³/mol. The third kappa shape index (κ3) is 4.96. The number of alkyl halides is 2. The zero-order valence-electron chi connectivity index (χ0n) is 14.1. The SMILES string of the molecule is CC(C)[C@@H]1CC[C@@H](C)C[C@H]1OC(=O)c1ccc(C(Cl)CBr)cc1. The number of rotatable bonds is 5. The molecule has 1 fully saturated rings. The molecule has 1 saturated carbocycles. The minimum atomic E-state index is -0.216. The molecule has 1 aliphatic carbocycles. The van der Waals surface area contributed by atoms with Crippen LogP contribution in [-0.2, 0) is 4.74 Å². The molecular formula is C19H26BrClO2. The lowest BCUT2D eigenvalue weighted by Gasteiger charge is -2.36. The normalized spacial score (nSPS) is 26.1. The van der Waals surface area contributed by atoms with Crippen molar-refractivity contribution in [3.63, 3.8) is 0 Å². The van der Waals surface area contributed by atoms with Gasteiger partial charge in [-0.3, -0.25) is 0 Å². The zero-order valence-corrected chi connectivity index (χ0v) is 16.4. The molecule has 1 aromatic carbocycles. The molecule has 4 atom stereocenters. The van der Waals surface area contributed by atoms with Gasteiger partial charge in [0.15, 0.2) is 0 Å². The van der Waals surface area contributed by atoms with E-state index in [1.165, 1.54) is 6.42 Å². The van der Waals surface area contributed by atoms with Crippen molar-refractivity contribution in [3.05, 3.63) is 35.4 Å². The molecule has 1 unspecified atom stereocenters. The van der Waals surface area contributed by atoms with Crippen molar-refractivity contribution in [2.75, 3.05) is 5.33 Å². The lowest BCUT2D eigenvalue weighted by atomic mass is 9.75. The monoisotopic (exact) mass is 400 g/mol. The van der Waals surface area contributed by atoms with Crippen molar-refractivity contribution >= 4 is 33.5 Å². The van der Waals surface area contributed by atoms with Gasteiger partial charge in [-0.25, -0.2) is 4.79 Å². The highest BCUT2D eigenvalue weighted by Crippen LogP contribution is 2.35. The van der Waals surface area contributed by atoms with Gasteiger partial charge in [-0.15, -0.1) is 11.6 Å². The van der Waals surface area contributed by atoms with E-state index in [9.17, 15) is 4.79 Å². The van der Waals surface area contributed by atoms with E-state index in [1.807, 2.05) is 24.3 Å². The third-order valence-electron chi connectivity index (χ3n) is 4.86. The van der Waals surface area contributed by atoms with E-state index in [1.54, 1.807) is 0 Å². The number of ether oxygens (including phenoxy) is 1. The minimum absolute atomic E-state index is 0.0363. The molecule has 23 heavy (non-hydrogen) atoms. The van der Waals surface area contributed by atoms with Crippen molar-refractivity contribution in [1.82, 2.24) is 0 Å². The Morgan fingerprint density at radius 1 is 1.30 bits per heavy atom. The quantitative estimate of drug-likeness (QED) is 0.448. The summed E-state index contributed by atoms with van der Waals surface area (Å²) in [5, 5.41) is 0.610. The molecule has 128 valence electrons. The van der Waals surface area contributed by atoms with Crippen LogP contribution in [0.1, 0.15) is 61.3 Å². The fourth-order valence-corrected chi connectivity index (χ4v) is 3.89. The second-order valence-electron chi connectivity index (χ2n) is 7.01. The topological polar surface area (TPSA) is 26.3 Å². The molecule has 0 N–H and O–H groups in total. The molecule has 0 spiro atoms. The highest BCUT2D eigenvalue weighted by atomic mass is 79.9. The van der Waals surface area contributed by atoms with Gasteiger partial charge in [0.25, 0.3) is 0 Å². The number of carbonyl (C=O) groups excluding carboxylic acids is 1. The molecule has 4 heteroatoms. The van der Waals surface area contributed by atoms with Gasteiger partial charge in [-0.2, -0.15) is 0 Å².